The third kappa shape index (κ3) is 4.55. The van der Waals surface area contributed by atoms with Crippen LogP contribution in [-0.4, -0.2) is 59.2 Å². The Labute approximate surface area is 180 Å². The monoisotopic (exact) mass is 425 g/mol. The standard InChI is InChI=1S/C23H28FN5O2/c1-3-31-21-13-16(24)5-8-20(21)29-22(15-28-10-4-9-27(2)11-12-28)26-19-14-17(25)6-7-18(19)23(29)30/h5-8,13-14H,3-4,9-12,15,25H2,1-2H3. The molecule has 1 aromatic heterocycles. The van der Waals surface area contributed by atoms with Crippen molar-refractivity contribution in [3.05, 3.63) is 58.4 Å². The van der Waals surface area contributed by atoms with Crippen LogP contribution in [0.25, 0.3) is 16.6 Å². The van der Waals surface area contributed by atoms with Crippen molar-refractivity contribution in [1.29, 1.82) is 0 Å². The molecule has 7 nitrogen and oxygen atoms in total. The Morgan fingerprint density at radius 1 is 1.13 bits per heavy atom. The minimum absolute atomic E-state index is 0.223. The second-order valence-electron chi connectivity index (χ2n) is 7.92. The van der Waals surface area contributed by atoms with Crippen molar-refractivity contribution in [2.75, 3.05) is 45.6 Å². The number of nitrogens with two attached hydrogens (primary N) is 1. The number of benzene rings is 2. The van der Waals surface area contributed by atoms with E-state index in [1.54, 1.807) is 28.8 Å². The topological polar surface area (TPSA) is 76.6 Å². The van der Waals surface area contributed by atoms with Gasteiger partial charge in [0.1, 0.15) is 17.4 Å². The van der Waals surface area contributed by atoms with E-state index in [2.05, 4.69) is 16.8 Å². The number of nitrogen functional groups attached to an aromatic ring is 1. The fraction of sp³-hybridized carbons (Fsp3) is 0.391. The first-order chi connectivity index (χ1) is 15.0. The fourth-order valence-corrected chi connectivity index (χ4v) is 4.01. The van der Waals surface area contributed by atoms with Crippen LogP contribution in [0, 0.1) is 5.82 Å². The van der Waals surface area contributed by atoms with Crippen molar-refractivity contribution < 1.29 is 9.13 Å². The number of halogens is 1. The number of fused-ring (bicyclic) bond motifs is 1. The van der Waals surface area contributed by atoms with Crippen LogP contribution in [0.5, 0.6) is 5.75 Å². The van der Waals surface area contributed by atoms with Crippen LogP contribution in [0.15, 0.2) is 41.2 Å². The van der Waals surface area contributed by atoms with Crippen LogP contribution in [-0.2, 0) is 6.54 Å². The Hall–Kier alpha value is -2.97. The van der Waals surface area contributed by atoms with Crippen molar-refractivity contribution >= 4 is 16.6 Å². The van der Waals surface area contributed by atoms with Crippen LogP contribution in [0.3, 0.4) is 0 Å². The van der Waals surface area contributed by atoms with Crippen LogP contribution in [0.1, 0.15) is 19.2 Å². The van der Waals surface area contributed by atoms with Gasteiger partial charge in [-0.25, -0.2) is 9.37 Å². The third-order valence-corrected chi connectivity index (χ3v) is 5.60. The average Bonchev–Trinajstić information content (AvgIpc) is 2.93. The number of aromatic nitrogens is 2. The molecule has 2 heterocycles. The first-order valence-electron chi connectivity index (χ1n) is 10.6. The molecule has 0 spiro atoms. The molecule has 31 heavy (non-hydrogen) atoms. The highest BCUT2D eigenvalue weighted by molar-refractivity contribution is 5.81. The van der Waals surface area contributed by atoms with Gasteiger partial charge < -0.3 is 15.4 Å². The zero-order chi connectivity index (χ0) is 22.0. The summed E-state index contributed by atoms with van der Waals surface area (Å²) in [6, 6.07) is 9.31. The maximum absolute atomic E-state index is 13.9. The average molecular weight is 426 g/mol. The maximum atomic E-state index is 13.9. The number of likely N-dealkylation sites (N-methyl/N-ethyl adjacent to an activating group) is 1. The van der Waals surface area contributed by atoms with Gasteiger partial charge >= 0.3 is 0 Å². The molecule has 2 N–H and O–H groups in total. The zero-order valence-electron chi connectivity index (χ0n) is 18.0. The van der Waals surface area contributed by atoms with Crippen molar-refractivity contribution in [2.24, 2.45) is 0 Å². The number of anilines is 1. The van der Waals surface area contributed by atoms with Gasteiger partial charge in [-0.1, -0.05) is 0 Å². The smallest absolute Gasteiger partial charge is 0.266 e. The molecular formula is C23H28FN5O2. The summed E-state index contributed by atoms with van der Waals surface area (Å²) in [5.74, 6) is 0.483. The predicted octanol–water partition coefficient (Wildman–Crippen LogP) is 2.64. The zero-order valence-corrected chi connectivity index (χ0v) is 18.0. The van der Waals surface area contributed by atoms with E-state index in [0.717, 1.165) is 32.6 Å². The lowest BCUT2D eigenvalue weighted by Gasteiger charge is -2.23. The van der Waals surface area contributed by atoms with Gasteiger partial charge in [-0.05, 0) is 63.8 Å². The Bertz CT molecular complexity index is 1150. The van der Waals surface area contributed by atoms with E-state index in [0.29, 0.717) is 47.0 Å². The number of ether oxygens (including phenoxy) is 1. The Morgan fingerprint density at radius 2 is 1.97 bits per heavy atom. The van der Waals surface area contributed by atoms with E-state index in [4.69, 9.17) is 15.5 Å². The van der Waals surface area contributed by atoms with Crippen LogP contribution in [0.2, 0.25) is 0 Å². The van der Waals surface area contributed by atoms with Crippen molar-refractivity contribution in [2.45, 2.75) is 19.9 Å². The Balaban J connectivity index is 1.88. The molecule has 3 aromatic rings. The van der Waals surface area contributed by atoms with Gasteiger partial charge in [-0.15, -0.1) is 0 Å². The van der Waals surface area contributed by atoms with Crippen molar-refractivity contribution in [3.63, 3.8) is 0 Å². The normalized spacial score (nSPS) is 15.8. The summed E-state index contributed by atoms with van der Waals surface area (Å²) >= 11 is 0. The highest BCUT2D eigenvalue weighted by atomic mass is 19.1. The molecule has 0 unspecified atom stereocenters. The van der Waals surface area contributed by atoms with Crippen LogP contribution in [0.4, 0.5) is 10.1 Å². The molecule has 0 radical (unpaired) electrons. The van der Waals surface area contributed by atoms with E-state index in [-0.39, 0.29) is 5.56 Å². The summed E-state index contributed by atoms with van der Waals surface area (Å²) in [6.07, 6.45) is 1.04. The van der Waals surface area contributed by atoms with E-state index >= 15 is 0 Å². The van der Waals surface area contributed by atoms with Gasteiger partial charge in [-0.2, -0.15) is 0 Å². The summed E-state index contributed by atoms with van der Waals surface area (Å²) in [4.78, 5) is 23.0. The largest absolute Gasteiger partial charge is 0.492 e. The predicted molar refractivity (Wildman–Crippen MR) is 120 cm³/mol. The van der Waals surface area contributed by atoms with Gasteiger partial charge in [0.25, 0.3) is 5.56 Å². The van der Waals surface area contributed by atoms with Gasteiger partial charge in [-0.3, -0.25) is 14.3 Å². The molecule has 8 heteroatoms. The van der Waals surface area contributed by atoms with Gasteiger partial charge in [0, 0.05) is 24.8 Å². The van der Waals surface area contributed by atoms with Gasteiger partial charge in [0.2, 0.25) is 0 Å². The summed E-state index contributed by atoms with van der Waals surface area (Å²) in [5.41, 5.74) is 7.32. The van der Waals surface area contributed by atoms with E-state index < -0.39 is 5.82 Å². The Morgan fingerprint density at radius 3 is 2.77 bits per heavy atom. The van der Waals surface area contributed by atoms with Crippen molar-refractivity contribution in [3.8, 4) is 11.4 Å². The maximum Gasteiger partial charge on any atom is 0.266 e. The quantitative estimate of drug-likeness (QED) is 0.634. The molecular weight excluding hydrogens is 397 g/mol. The molecule has 1 saturated heterocycles. The number of rotatable bonds is 5. The van der Waals surface area contributed by atoms with Crippen LogP contribution < -0.4 is 16.0 Å². The summed E-state index contributed by atoms with van der Waals surface area (Å²) in [5, 5.41) is 0.459. The molecule has 1 aliphatic heterocycles. The van der Waals surface area contributed by atoms with E-state index in [1.165, 1.54) is 12.1 Å². The lowest BCUT2D eigenvalue weighted by Crippen LogP contribution is -2.33. The molecule has 0 atom stereocenters. The second kappa shape index (κ2) is 9.03. The van der Waals surface area contributed by atoms with Crippen molar-refractivity contribution in [1.82, 2.24) is 19.4 Å². The van der Waals surface area contributed by atoms with Crippen LogP contribution >= 0.6 is 0 Å². The summed E-state index contributed by atoms with van der Waals surface area (Å²) in [7, 11) is 2.11. The highest BCUT2D eigenvalue weighted by Crippen LogP contribution is 2.26. The first-order valence-corrected chi connectivity index (χ1v) is 10.6. The number of hydrogen-bond acceptors (Lipinski definition) is 6. The molecule has 0 aliphatic carbocycles. The molecule has 164 valence electrons. The van der Waals surface area contributed by atoms with E-state index in [1.807, 2.05) is 6.92 Å². The molecule has 0 saturated carbocycles. The SMILES string of the molecule is CCOc1cc(F)ccc1-n1c(CN2CCCN(C)CC2)nc2cc(N)ccc2c1=O. The van der Waals surface area contributed by atoms with E-state index in [9.17, 15) is 9.18 Å². The highest BCUT2D eigenvalue weighted by Gasteiger charge is 2.20. The number of hydrogen-bond donors (Lipinski definition) is 1. The second-order valence-corrected chi connectivity index (χ2v) is 7.92. The molecule has 2 aromatic carbocycles. The molecule has 0 amide bonds. The van der Waals surface area contributed by atoms with Gasteiger partial charge in [0.15, 0.2) is 0 Å². The lowest BCUT2D eigenvalue weighted by molar-refractivity contribution is 0.261. The van der Waals surface area contributed by atoms with Gasteiger partial charge in [0.05, 0.1) is 29.7 Å². The number of nitrogens with zero attached hydrogens (tertiary/aromatic N) is 4. The molecule has 1 aliphatic rings. The first kappa shape index (κ1) is 21.3. The Kier molecular flexibility index (Phi) is 6.20. The molecule has 4 rings (SSSR count). The lowest BCUT2D eigenvalue weighted by atomic mass is 10.2. The minimum Gasteiger partial charge on any atom is -0.492 e. The summed E-state index contributed by atoms with van der Waals surface area (Å²) < 4.78 is 21.2. The minimum atomic E-state index is -0.418. The summed E-state index contributed by atoms with van der Waals surface area (Å²) in [6.45, 7) is 6.46. The fourth-order valence-electron chi connectivity index (χ4n) is 4.01. The third-order valence-electron chi connectivity index (χ3n) is 5.60. The molecule has 0 bridgehead atoms. The molecule has 1 fully saturated rings.